The molecule has 0 fully saturated rings. The summed E-state index contributed by atoms with van der Waals surface area (Å²) in [6.45, 7) is 3.42. The van der Waals surface area contributed by atoms with E-state index in [-0.39, 0.29) is 24.2 Å². The van der Waals surface area contributed by atoms with Gasteiger partial charge in [-0.2, -0.15) is 5.10 Å². The number of amides is 1. The van der Waals surface area contributed by atoms with E-state index in [4.69, 9.17) is 11.6 Å². The van der Waals surface area contributed by atoms with Crippen molar-refractivity contribution in [2.45, 2.75) is 19.9 Å². The van der Waals surface area contributed by atoms with E-state index in [1.54, 1.807) is 29.8 Å². The van der Waals surface area contributed by atoms with Crippen LogP contribution in [-0.2, 0) is 7.05 Å². The van der Waals surface area contributed by atoms with Crippen LogP contribution >= 0.6 is 11.6 Å². The molecule has 0 aliphatic heterocycles. The van der Waals surface area contributed by atoms with E-state index in [1.165, 1.54) is 0 Å². The molecule has 3 aromatic rings. The van der Waals surface area contributed by atoms with Crippen LogP contribution in [0.3, 0.4) is 0 Å². The van der Waals surface area contributed by atoms with Gasteiger partial charge in [0.1, 0.15) is 5.69 Å². The van der Waals surface area contributed by atoms with E-state index in [0.29, 0.717) is 16.5 Å². The highest BCUT2D eigenvalue weighted by Crippen LogP contribution is 2.25. The molecule has 0 aliphatic rings. The summed E-state index contributed by atoms with van der Waals surface area (Å²) in [6, 6.07) is 8.45. The summed E-state index contributed by atoms with van der Waals surface area (Å²) in [4.78, 5) is 21.6. The van der Waals surface area contributed by atoms with Crippen molar-refractivity contribution in [1.29, 1.82) is 0 Å². The SMILES string of the molecule is Cc1nn(C)cc1-c1nc(C(=O)NC(C)CO)cc(-c2ccc(Cl)cc2)n1. The standard InChI is InChI=1S/C19H20ClN5O2/c1-11(10-26)21-19(27)17-8-16(13-4-6-14(20)7-5-13)22-18(23-17)15-9-25(3)24-12(15)2/h4-9,11,26H,10H2,1-3H3,(H,21,27). The first-order valence-electron chi connectivity index (χ1n) is 8.44. The molecule has 0 saturated heterocycles. The number of hydrogen-bond acceptors (Lipinski definition) is 5. The number of aliphatic hydroxyl groups is 1. The van der Waals surface area contributed by atoms with Crippen LogP contribution in [0.2, 0.25) is 5.02 Å². The minimum absolute atomic E-state index is 0.157. The minimum atomic E-state index is -0.380. The zero-order valence-electron chi connectivity index (χ0n) is 15.3. The number of rotatable bonds is 5. The number of aliphatic hydroxyl groups excluding tert-OH is 1. The van der Waals surface area contributed by atoms with Gasteiger partial charge in [0.15, 0.2) is 5.82 Å². The lowest BCUT2D eigenvalue weighted by molar-refractivity contribution is 0.0917. The van der Waals surface area contributed by atoms with E-state index in [1.807, 2.05) is 32.3 Å². The number of nitrogens with zero attached hydrogens (tertiary/aromatic N) is 4. The molecule has 2 N–H and O–H groups in total. The summed E-state index contributed by atoms with van der Waals surface area (Å²) in [5.41, 5.74) is 3.14. The highest BCUT2D eigenvalue weighted by Gasteiger charge is 2.17. The van der Waals surface area contributed by atoms with Gasteiger partial charge in [0.25, 0.3) is 5.91 Å². The summed E-state index contributed by atoms with van der Waals surface area (Å²) in [6.07, 6.45) is 1.81. The van der Waals surface area contributed by atoms with Gasteiger partial charge in [-0.3, -0.25) is 9.48 Å². The molecule has 0 spiro atoms. The molecule has 27 heavy (non-hydrogen) atoms. The number of benzene rings is 1. The molecule has 0 radical (unpaired) electrons. The van der Waals surface area contributed by atoms with E-state index < -0.39 is 0 Å². The molecule has 8 heteroatoms. The van der Waals surface area contributed by atoms with Crippen LogP contribution in [0.1, 0.15) is 23.1 Å². The molecule has 1 aromatic carbocycles. The van der Waals surface area contributed by atoms with Crippen molar-refractivity contribution in [2.75, 3.05) is 6.61 Å². The Morgan fingerprint density at radius 3 is 2.59 bits per heavy atom. The van der Waals surface area contributed by atoms with Gasteiger partial charge >= 0.3 is 0 Å². The fourth-order valence-electron chi connectivity index (χ4n) is 2.62. The second kappa shape index (κ2) is 7.85. The zero-order valence-corrected chi connectivity index (χ0v) is 16.0. The number of halogens is 1. The Labute approximate surface area is 162 Å². The molecule has 0 aliphatic carbocycles. The van der Waals surface area contributed by atoms with E-state index in [2.05, 4.69) is 20.4 Å². The molecule has 7 nitrogen and oxygen atoms in total. The molecule has 3 rings (SSSR count). The van der Waals surface area contributed by atoms with Crippen LogP contribution in [0, 0.1) is 6.92 Å². The lowest BCUT2D eigenvalue weighted by Gasteiger charge is -2.12. The number of carbonyl (C=O) groups is 1. The minimum Gasteiger partial charge on any atom is -0.394 e. The largest absolute Gasteiger partial charge is 0.394 e. The van der Waals surface area contributed by atoms with E-state index >= 15 is 0 Å². The van der Waals surface area contributed by atoms with Gasteiger partial charge in [0.2, 0.25) is 0 Å². The third-order valence-electron chi connectivity index (χ3n) is 4.00. The third kappa shape index (κ3) is 4.32. The normalized spacial score (nSPS) is 12.0. The van der Waals surface area contributed by atoms with Crippen LogP contribution in [0.15, 0.2) is 36.5 Å². The maximum atomic E-state index is 12.6. The first-order valence-corrected chi connectivity index (χ1v) is 8.82. The van der Waals surface area contributed by atoms with Crippen LogP contribution in [0.25, 0.3) is 22.6 Å². The van der Waals surface area contributed by atoms with Crippen molar-refractivity contribution < 1.29 is 9.90 Å². The smallest absolute Gasteiger partial charge is 0.270 e. The predicted octanol–water partition coefficient (Wildman–Crippen LogP) is 2.62. The number of nitrogens with one attached hydrogen (secondary N) is 1. The highest BCUT2D eigenvalue weighted by molar-refractivity contribution is 6.30. The van der Waals surface area contributed by atoms with Gasteiger partial charge in [0.05, 0.1) is 23.6 Å². The van der Waals surface area contributed by atoms with Gasteiger partial charge in [-0.15, -0.1) is 0 Å². The van der Waals surface area contributed by atoms with Gasteiger partial charge in [0, 0.05) is 29.9 Å². The molecule has 0 bridgehead atoms. The fraction of sp³-hybridized carbons (Fsp3) is 0.263. The topological polar surface area (TPSA) is 92.9 Å². The van der Waals surface area contributed by atoms with Crippen LogP contribution in [0.4, 0.5) is 0 Å². The van der Waals surface area contributed by atoms with Crippen molar-refractivity contribution in [1.82, 2.24) is 25.1 Å². The second-order valence-corrected chi connectivity index (χ2v) is 6.76. The average molecular weight is 386 g/mol. The first kappa shape index (κ1) is 19.0. The Bertz CT molecular complexity index is 969. The van der Waals surface area contributed by atoms with Crippen molar-refractivity contribution in [2.24, 2.45) is 7.05 Å². The van der Waals surface area contributed by atoms with E-state index in [9.17, 15) is 9.90 Å². The summed E-state index contributed by atoms with van der Waals surface area (Å²) < 4.78 is 1.68. The summed E-state index contributed by atoms with van der Waals surface area (Å²) in [5, 5.41) is 16.8. The van der Waals surface area contributed by atoms with Gasteiger partial charge < -0.3 is 10.4 Å². The van der Waals surface area contributed by atoms with Gasteiger partial charge in [-0.25, -0.2) is 9.97 Å². The first-order chi connectivity index (χ1) is 12.9. The lowest BCUT2D eigenvalue weighted by Crippen LogP contribution is -2.35. The van der Waals surface area contributed by atoms with Crippen molar-refractivity contribution in [3.63, 3.8) is 0 Å². The Balaban J connectivity index is 2.11. The van der Waals surface area contributed by atoms with Gasteiger partial charge in [-0.1, -0.05) is 23.7 Å². The average Bonchev–Trinajstić information content (AvgIpc) is 3.00. The molecule has 2 heterocycles. The molecule has 2 aromatic heterocycles. The number of carbonyl (C=O) groups excluding carboxylic acids is 1. The highest BCUT2D eigenvalue weighted by atomic mass is 35.5. The summed E-state index contributed by atoms with van der Waals surface area (Å²) in [5.74, 6) is 0.0341. The Morgan fingerprint density at radius 1 is 1.30 bits per heavy atom. The summed E-state index contributed by atoms with van der Waals surface area (Å²) in [7, 11) is 1.82. The van der Waals surface area contributed by atoms with Gasteiger partial charge in [-0.05, 0) is 32.0 Å². The molecule has 1 unspecified atom stereocenters. The molecule has 1 amide bonds. The molecule has 1 atom stereocenters. The zero-order chi connectivity index (χ0) is 19.6. The molecule has 140 valence electrons. The van der Waals surface area contributed by atoms with Crippen molar-refractivity contribution in [3.05, 3.63) is 52.9 Å². The number of aryl methyl sites for hydroxylation is 2. The van der Waals surface area contributed by atoms with Crippen LogP contribution in [0.5, 0.6) is 0 Å². The molecular formula is C19H20ClN5O2. The van der Waals surface area contributed by atoms with Crippen LogP contribution < -0.4 is 5.32 Å². The van der Waals surface area contributed by atoms with Crippen molar-refractivity contribution in [3.8, 4) is 22.6 Å². The van der Waals surface area contributed by atoms with Crippen LogP contribution in [-0.4, -0.2) is 43.4 Å². The van der Waals surface area contributed by atoms with Crippen molar-refractivity contribution >= 4 is 17.5 Å². The Morgan fingerprint density at radius 2 is 2.00 bits per heavy atom. The van der Waals surface area contributed by atoms with E-state index in [0.717, 1.165) is 16.8 Å². The lowest BCUT2D eigenvalue weighted by atomic mass is 10.1. The maximum absolute atomic E-state index is 12.6. The second-order valence-electron chi connectivity index (χ2n) is 6.33. The fourth-order valence-corrected chi connectivity index (χ4v) is 2.74. The predicted molar refractivity (Wildman–Crippen MR) is 103 cm³/mol. The monoisotopic (exact) mass is 385 g/mol. The maximum Gasteiger partial charge on any atom is 0.270 e. The quantitative estimate of drug-likeness (QED) is 0.704. The Kier molecular flexibility index (Phi) is 5.53. The number of aromatic nitrogens is 4. The number of hydrogen-bond donors (Lipinski definition) is 2. The molecular weight excluding hydrogens is 366 g/mol. The third-order valence-corrected chi connectivity index (χ3v) is 4.26. The summed E-state index contributed by atoms with van der Waals surface area (Å²) >= 11 is 5.97. The Hall–Kier alpha value is -2.77. The molecule has 0 saturated carbocycles.